The summed E-state index contributed by atoms with van der Waals surface area (Å²) in [4.78, 5) is 24.8. The molecule has 20 heavy (non-hydrogen) atoms. The van der Waals surface area contributed by atoms with Crippen LogP contribution in [0.5, 0.6) is 0 Å². The fourth-order valence-corrected chi connectivity index (χ4v) is 3.16. The number of hydrogen-bond acceptors (Lipinski definition) is 3. The molecule has 1 aliphatic rings. The van der Waals surface area contributed by atoms with Crippen LogP contribution in [0.2, 0.25) is 0 Å². The summed E-state index contributed by atoms with van der Waals surface area (Å²) in [5.74, 6) is -1.02. The lowest BCUT2D eigenvalue weighted by molar-refractivity contribution is 0.0771. The normalized spacial score (nSPS) is 15.3. The van der Waals surface area contributed by atoms with Gasteiger partial charge in [0.15, 0.2) is 11.0 Å². The highest BCUT2D eigenvalue weighted by Gasteiger charge is 2.39. The fourth-order valence-electron chi connectivity index (χ4n) is 2.08. The predicted molar refractivity (Wildman–Crippen MR) is 74.5 cm³/mol. The van der Waals surface area contributed by atoms with Crippen LogP contribution in [0, 0.1) is 6.92 Å². The summed E-state index contributed by atoms with van der Waals surface area (Å²) in [5, 5.41) is 0. The summed E-state index contributed by atoms with van der Waals surface area (Å²) in [6.45, 7) is 1.91. The van der Waals surface area contributed by atoms with Gasteiger partial charge in [0.25, 0.3) is 11.8 Å². The minimum Gasteiger partial charge on any atom is -0.268 e. The molecule has 0 N–H and O–H groups in total. The molecule has 0 spiro atoms. The predicted octanol–water partition coefficient (Wildman–Crippen LogP) is 2.31. The molecule has 4 nitrogen and oxygen atoms in total. The lowest BCUT2D eigenvalue weighted by atomic mass is 10.1. The molecular formula is C15H11NO3S. The van der Waals surface area contributed by atoms with Gasteiger partial charge in [-0.05, 0) is 31.2 Å². The number of benzene rings is 2. The molecule has 0 radical (unpaired) electrons. The highest BCUT2D eigenvalue weighted by molar-refractivity contribution is 7.84. The van der Waals surface area contributed by atoms with Gasteiger partial charge in [0.2, 0.25) is 0 Å². The van der Waals surface area contributed by atoms with E-state index in [9.17, 15) is 13.8 Å². The maximum Gasteiger partial charge on any atom is 0.273 e. The quantitative estimate of drug-likeness (QED) is 0.796. The van der Waals surface area contributed by atoms with Crippen molar-refractivity contribution in [3.63, 3.8) is 0 Å². The van der Waals surface area contributed by atoms with Gasteiger partial charge < -0.3 is 0 Å². The highest BCUT2D eigenvalue weighted by atomic mass is 32.2. The van der Waals surface area contributed by atoms with Crippen LogP contribution in [0.1, 0.15) is 26.3 Å². The van der Waals surface area contributed by atoms with Crippen molar-refractivity contribution in [2.24, 2.45) is 0 Å². The third-order valence-electron chi connectivity index (χ3n) is 3.15. The lowest BCUT2D eigenvalue weighted by Gasteiger charge is -2.12. The van der Waals surface area contributed by atoms with Gasteiger partial charge in [0, 0.05) is 0 Å². The van der Waals surface area contributed by atoms with Crippen LogP contribution in [0.3, 0.4) is 0 Å². The first-order valence-corrected chi connectivity index (χ1v) is 7.16. The maximum absolute atomic E-state index is 12.4. The molecule has 0 aliphatic carbocycles. The third kappa shape index (κ3) is 1.87. The number of carbonyl (C=O) groups is 2. The van der Waals surface area contributed by atoms with Crippen molar-refractivity contribution in [1.29, 1.82) is 0 Å². The Morgan fingerprint density at radius 1 is 0.850 bits per heavy atom. The molecule has 0 saturated heterocycles. The Hall–Kier alpha value is -2.27. The molecule has 2 aromatic rings. The zero-order valence-electron chi connectivity index (χ0n) is 10.7. The lowest BCUT2D eigenvalue weighted by Crippen LogP contribution is -2.31. The SMILES string of the molecule is Cc1ccc(S(=O)N2C(=O)c3ccccc3C2=O)cc1. The summed E-state index contributed by atoms with van der Waals surface area (Å²) < 4.78 is 13.3. The molecule has 0 fully saturated rings. The number of aryl methyl sites for hydroxylation is 1. The van der Waals surface area contributed by atoms with E-state index in [0.29, 0.717) is 16.0 Å². The van der Waals surface area contributed by atoms with E-state index in [1.165, 1.54) is 0 Å². The molecule has 5 heteroatoms. The maximum atomic E-state index is 12.4. The molecule has 1 aliphatic heterocycles. The minimum absolute atomic E-state index is 0.304. The Kier molecular flexibility index (Phi) is 2.99. The van der Waals surface area contributed by atoms with Crippen molar-refractivity contribution >= 4 is 22.8 Å². The monoisotopic (exact) mass is 285 g/mol. The Balaban J connectivity index is 2.00. The van der Waals surface area contributed by atoms with Crippen LogP contribution in [0.25, 0.3) is 0 Å². The molecule has 100 valence electrons. The van der Waals surface area contributed by atoms with Crippen molar-refractivity contribution in [3.05, 3.63) is 65.2 Å². The Labute approximate surface area is 118 Å². The number of rotatable bonds is 2. The molecule has 0 aromatic heterocycles. The van der Waals surface area contributed by atoms with Gasteiger partial charge in [0.05, 0.1) is 16.0 Å². The summed E-state index contributed by atoms with van der Waals surface area (Å²) in [5.41, 5.74) is 1.63. The van der Waals surface area contributed by atoms with E-state index < -0.39 is 22.8 Å². The zero-order valence-corrected chi connectivity index (χ0v) is 11.5. The van der Waals surface area contributed by atoms with E-state index in [1.54, 1.807) is 48.5 Å². The zero-order chi connectivity index (χ0) is 14.3. The second kappa shape index (κ2) is 4.68. The topological polar surface area (TPSA) is 54.5 Å². The highest BCUT2D eigenvalue weighted by Crippen LogP contribution is 2.26. The molecule has 1 atom stereocenters. The van der Waals surface area contributed by atoms with Crippen molar-refractivity contribution in [2.75, 3.05) is 0 Å². The number of amides is 2. The van der Waals surface area contributed by atoms with Crippen LogP contribution in [-0.2, 0) is 11.0 Å². The third-order valence-corrected chi connectivity index (χ3v) is 4.48. The Morgan fingerprint density at radius 3 is 1.85 bits per heavy atom. The first kappa shape index (κ1) is 12.7. The molecule has 3 rings (SSSR count). The first-order chi connectivity index (χ1) is 9.59. The summed E-state index contributed by atoms with van der Waals surface area (Å²) >= 11 is 0. The van der Waals surface area contributed by atoms with E-state index in [1.807, 2.05) is 6.92 Å². The van der Waals surface area contributed by atoms with Crippen LogP contribution < -0.4 is 0 Å². The van der Waals surface area contributed by atoms with E-state index in [0.717, 1.165) is 9.87 Å². The Bertz CT molecular complexity index is 702. The van der Waals surface area contributed by atoms with Gasteiger partial charge in [-0.2, -0.15) is 4.31 Å². The van der Waals surface area contributed by atoms with Crippen molar-refractivity contribution < 1.29 is 13.8 Å². The second-order valence-electron chi connectivity index (χ2n) is 4.51. The first-order valence-electron chi connectivity index (χ1n) is 6.06. The molecule has 0 bridgehead atoms. The van der Waals surface area contributed by atoms with E-state index >= 15 is 0 Å². The number of hydrogen-bond donors (Lipinski definition) is 0. The minimum atomic E-state index is -1.82. The van der Waals surface area contributed by atoms with Crippen LogP contribution in [0.4, 0.5) is 0 Å². The molecule has 2 aromatic carbocycles. The number of carbonyl (C=O) groups excluding carboxylic acids is 2. The van der Waals surface area contributed by atoms with Gasteiger partial charge in [-0.3, -0.25) is 9.59 Å². The average Bonchev–Trinajstić information content (AvgIpc) is 2.72. The molecule has 1 unspecified atom stereocenters. The van der Waals surface area contributed by atoms with Gasteiger partial charge >= 0.3 is 0 Å². The van der Waals surface area contributed by atoms with Crippen molar-refractivity contribution in [1.82, 2.24) is 4.31 Å². The number of fused-ring (bicyclic) bond motifs is 1. The van der Waals surface area contributed by atoms with E-state index in [2.05, 4.69) is 0 Å². The molecular weight excluding hydrogens is 274 g/mol. The Morgan fingerprint density at radius 2 is 1.35 bits per heavy atom. The molecule has 2 amide bonds. The van der Waals surface area contributed by atoms with Crippen LogP contribution >= 0.6 is 0 Å². The van der Waals surface area contributed by atoms with E-state index in [-0.39, 0.29) is 0 Å². The fraction of sp³-hybridized carbons (Fsp3) is 0.0667. The van der Waals surface area contributed by atoms with Crippen LogP contribution in [0.15, 0.2) is 53.4 Å². The largest absolute Gasteiger partial charge is 0.273 e. The molecule has 0 saturated carbocycles. The van der Waals surface area contributed by atoms with Gasteiger partial charge in [-0.1, -0.05) is 29.8 Å². The smallest absolute Gasteiger partial charge is 0.268 e. The average molecular weight is 285 g/mol. The van der Waals surface area contributed by atoms with Crippen molar-refractivity contribution in [2.45, 2.75) is 11.8 Å². The summed E-state index contributed by atoms with van der Waals surface area (Å²) in [6, 6.07) is 13.4. The summed E-state index contributed by atoms with van der Waals surface area (Å²) in [6.07, 6.45) is 0. The van der Waals surface area contributed by atoms with E-state index in [4.69, 9.17) is 0 Å². The van der Waals surface area contributed by atoms with Gasteiger partial charge in [-0.15, -0.1) is 0 Å². The molecule has 1 heterocycles. The van der Waals surface area contributed by atoms with Crippen LogP contribution in [-0.4, -0.2) is 20.3 Å². The summed E-state index contributed by atoms with van der Waals surface area (Å²) in [7, 11) is -1.82. The van der Waals surface area contributed by atoms with Gasteiger partial charge in [-0.25, -0.2) is 4.21 Å². The van der Waals surface area contributed by atoms with Crippen molar-refractivity contribution in [3.8, 4) is 0 Å². The number of nitrogens with zero attached hydrogens (tertiary/aromatic N) is 1. The van der Waals surface area contributed by atoms with Gasteiger partial charge in [0.1, 0.15) is 0 Å². The standard InChI is InChI=1S/C15H11NO3S/c1-10-6-8-11(9-7-10)20(19)16-14(17)12-4-2-3-5-13(12)15(16)18/h2-9H,1H3. The second-order valence-corrected chi connectivity index (χ2v) is 5.85. The number of imide groups is 1.